The zero-order chi connectivity index (χ0) is 14.8. The van der Waals surface area contributed by atoms with Crippen molar-refractivity contribution >= 4 is 26.0 Å². The van der Waals surface area contributed by atoms with Crippen LogP contribution in [0.5, 0.6) is 5.75 Å². The van der Waals surface area contributed by atoms with Crippen molar-refractivity contribution in [2.45, 2.75) is 30.2 Å². The average molecular weight is 363 g/mol. The summed E-state index contributed by atoms with van der Waals surface area (Å²) in [5.74, 6) is 0.609. The summed E-state index contributed by atoms with van der Waals surface area (Å²) in [5, 5.41) is 0. The van der Waals surface area contributed by atoms with Crippen molar-refractivity contribution in [3.8, 4) is 5.75 Å². The summed E-state index contributed by atoms with van der Waals surface area (Å²) < 4.78 is 32.7. The lowest BCUT2D eigenvalue weighted by molar-refractivity contribution is 0.257. The van der Waals surface area contributed by atoms with Gasteiger partial charge in [-0.05, 0) is 47.0 Å². The molecule has 1 aliphatic rings. The first-order valence-corrected chi connectivity index (χ1v) is 8.79. The maximum Gasteiger partial charge on any atom is 0.243 e. The third-order valence-electron chi connectivity index (χ3n) is 3.58. The third-order valence-corrected chi connectivity index (χ3v) is 6.14. The fraction of sp³-hybridized carbons (Fsp3) is 0.538. The number of halogens is 1. The van der Waals surface area contributed by atoms with Crippen LogP contribution in [0, 0.1) is 0 Å². The second-order valence-electron chi connectivity index (χ2n) is 4.80. The molecule has 0 radical (unpaired) electrons. The van der Waals surface area contributed by atoms with E-state index in [0.29, 0.717) is 23.3 Å². The maximum atomic E-state index is 12.7. The molecule has 2 rings (SSSR count). The molecule has 0 bridgehead atoms. The van der Waals surface area contributed by atoms with Crippen molar-refractivity contribution in [2.24, 2.45) is 5.73 Å². The van der Waals surface area contributed by atoms with Gasteiger partial charge in [0, 0.05) is 19.1 Å². The van der Waals surface area contributed by atoms with Crippen molar-refractivity contribution in [3.05, 3.63) is 22.7 Å². The fourth-order valence-electron chi connectivity index (χ4n) is 2.47. The van der Waals surface area contributed by atoms with Crippen LogP contribution in [0.25, 0.3) is 0 Å². The minimum absolute atomic E-state index is 0.102. The van der Waals surface area contributed by atoms with E-state index in [-0.39, 0.29) is 10.9 Å². The monoisotopic (exact) mass is 362 g/mol. The van der Waals surface area contributed by atoms with Crippen LogP contribution in [-0.2, 0) is 10.0 Å². The molecule has 0 saturated carbocycles. The van der Waals surface area contributed by atoms with Gasteiger partial charge in [-0.25, -0.2) is 8.42 Å². The van der Waals surface area contributed by atoms with E-state index in [2.05, 4.69) is 15.9 Å². The van der Waals surface area contributed by atoms with Crippen LogP contribution in [0.15, 0.2) is 27.6 Å². The van der Waals surface area contributed by atoms with Gasteiger partial charge in [0.05, 0.1) is 16.5 Å². The summed E-state index contributed by atoms with van der Waals surface area (Å²) in [6, 6.07) is 4.70. The molecule has 1 atom stereocenters. The summed E-state index contributed by atoms with van der Waals surface area (Å²) in [5.41, 5.74) is 5.71. The van der Waals surface area contributed by atoms with Crippen molar-refractivity contribution in [1.82, 2.24) is 4.31 Å². The predicted molar refractivity (Wildman–Crippen MR) is 81.3 cm³/mol. The molecule has 1 unspecified atom stereocenters. The summed E-state index contributed by atoms with van der Waals surface area (Å²) in [7, 11) is -1.96. The summed E-state index contributed by atoms with van der Waals surface area (Å²) in [6.07, 6.45) is 2.74. The smallest absolute Gasteiger partial charge is 0.243 e. The zero-order valence-corrected chi connectivity index (χ0v) is 13.8. The van der Waals surface area contributed by atoms with Gasteiger partial charge >= 0.3 is 0 Å². The van der Waals surface area contributed by atoms with E-state index >= 15 is 0 Å². The molecule has 20 heavy (non-hydrogen) atoms. The Morgan fingerprint density at radius 2 is 2.20 bits per heavy atom. The molecule has 0 aromatic heterocycles. The number of sulfonamides is 1. The number of benzene rings is 1. The molecule has 0 amide bonds. The molecule has 5 nitrogen and oxygen atoms in total. The van der Waals surface area contributed by atoms with E-state index in [1.807, 2.05) is 0 Å². The zero-order valence-electron chi connectivity index (χ0n) is 11.4. The van der Waals surface area contributed by atoms with Crippen LogP contribution in [0.1, 0.15) is 19.3 Å². The normalized spacial score (nSPS) is 20.9. The molecule has 112 valence electrons. The van der Waals surface area contributed by atoms with E-state index in [4.69, 9.17) is 10.5 Å². The lowest BCUT2D eigenvalue weighted by Crippen LogP contribution is -2.47. The average Bonchev–Trinajstić information content (AvgIpc) is 2.47. The minimum Gasteiger partial charge on any atom is -0.496 e. The lowest BCUT2D eigenvalue weighted by atomic mass is 10.1. The second kappa shape index (κ2) is 6.43. The van der Waals surface area contributed by atoms with Crippen molar-refractivity contribution < 1.29 is 13.2 Å². The Hall–Kier alpha value is -0.630. The van der Waals surface area contributed by atoms with Crippen LogP contribution >= 0.6 is 15.9 Å². The first-order valence-electron chi connectivity index (χ1n) is 6.56. The highest BCUT2D eigenvalue weighted by Gasteiger charge is 2.32. The molecule has 1 fully saturated rings. The largest absolute Gasteiger partial charge is 0.496 e. The molecule has 1 aromatic carbocycles. The van der Waals surface area contributed by atoms with Gasteiger partial charge in [0.1, 0.15) is 5.75 Å². The van der Waals surface area contributed by atoms with Gasteiger partial charge in [-0.1, -0.05) is 6.42 Å². The minimum atomic E-state index is -3.50. The quantitative estimate of drug-likeness (QED) is 0.888. The Morgan fingerprint density at radius 1 is 1.45 bits per heavy atom. The van der Waals surface area contributed by atoms with Crippen LogP contribution in [0.4, 0.5) is 0 Å². The van der Waals surface area contributed by atoms with E-state index in [0.717, 1.165) is 19.3 Å². The third kappa shape index (κ3) is 3.00. The van der Waals surface area contributed by atoms with Gasteiger partial charge in [0.15, 0.2) is 0 Å². The topological polar surface area (TPSA) is 72.6 Å². The molecule has 0 spiro atoms. The molecule has 7 heteroatoms. The number of ether oxygens (including phenoxy) is 1. The highest BCUT2D eigenvalue weighted by atomic mass is 79.9. The Bertz CT molecular complexity index is 577. The Kier molecular flexibility index (Phi) is 5.06. The number of methoxy groups -OCH3 is 1. The molecule has 2 N–H and O–H groups in total. The second-order valence-corrected chi connectivity index (χ2v) is 7.54. The highest BCUT2D eigenvalue weighted by molar-refractivity contribution is 9.10. The molecule has 0 aliphatic carbocycles. The standard InChI is InChI=1S/C13H19BrN2O3S/c1-19-13-6-5-11(8-12(13)14)20(17,18)16-7-3-2-4-10(16)9-15/h5-6,8,10H,2-4,7,9,15H2,1H3. The van der Waals surface area contributed by atoms with Gasteiger partial charge < -0.3 is 10.5 Å². The molecular weight excluding hydrogens is 344 g/mol. The number of rotatable bonds is 4. The van der Waals surface area contributed by atoms with Gasteiger partial charge in [-0.2, -0.15) is 4.31 Å². The Balaban J connectivity index is 2.36. The van der Waals surface area contributed by atoms with E-state index < -0.39 is 10.0 Å². The van der Waals surface area contributed by atoms with Gasteiger partial charge in [-0.3, -0.25) is 0 Å². The summed E-state index contributed by atoms with van der Waals surface area (Å²) >= 11 is 3.32. The van der Waals surface area contributed by atoms with E-state index in [1.54, 1.807) is 25.3 Å². The SMILES string of the molecule is COc1ccc(S(=O)(=O)N2CCCCC2CN)cc1Br. The van der Waals surface area contributed by atoms with Gasteiger partial charge in [-0.15, -0.1) is 0 Å². The lowest BCUT2D eigenvalue weighted by Gasteiger charge is -2.33. The van der Waals surface area contributed by atoms with E-state index in [1.165, 1.54) is 4.31 Å². The number of piperidine rings is 1. The molecular formula is C13H19BrN2O3S. The number of nitrogens with two attached hydrogens (primary N) is 1. The van der Waals surface area contributed by atoms with Crippen LogP contribution in [-0.4, -0.2) is 39.0 Å². The fourth-order valence-corrected chi connectivity index (χ4v) is 4.89. The number of nitrogens with zero attached hydrogens (tertiary/aromatic N) is 1. The summed E-state index contributed by atoms with van der Waals surface area (Å²) in [6.45, 7) is 0.893. The van der Waals surface area contributed by atoms with Crippen molar-refractivity contribution in [3.63, 3.8) is 0 Å². The van der Waals surface area contributed by atoms with Crippen molar-refractivity contribution in [2.75, 3.05) is 20.2 Å². The molecule has 1 aromatic rings. The van der Waals surface area contributed by atoms with Gasteiger partial charge in [0.2, 0.25) is 10.0 Å². The van der Waals surface area contributed by atoms with Gasteiger partial charge in [0.25, 0.3) is 0 Å². The number of hydrogen-bond donors (Lipinski definition) is 1. The first-order chi connectivity index (χ1) is 9.50. The maximum absolute atomic E-state index is 12.7. The molecule has 1 heterocycles. The van der Waals surface area contributed by atoms with Crippen LogP contribution < -0.4 is 10.5 Å². The first kappa shape index (κ1) is 15.8. The Labute approximate surface area is 128 Å². The predicted octanol–water partition coefficient (Wildman–Crippen LogP) is 1.96. The Morgan fingerprint density at radius 3 is 2.80 bits per heavy atom. The summed E-state index contributed by atoms with van der Waals surface area (Å²) in [4.78, 5) is 0.269. The molecule has 1 saturated heterocycles. The molecule has 1 aliphatic heterocycles. The van der Waals surface area contributed by atoms with Crippen molar-refractivity contribution in [1.29, 1.82) is 0 Å². The van der Waals surface area contributed by atoms with Crippen LogP contribution in [0.2, 0.25) is 0 Å². The van der Waals surface area contributed by atoms with Crippen LogP contribution in [0.3, 0.4) is 0 Å². The van der Waals surface area contributed by atoms with E-state index in [9.17, 15) is 8.42 Å². The highest BCUT2D eigenvalue weighted by Crippen LogP contribution is 2.31. The number of hydrogen-bond acceptors (Lipinski definition) is 4.